The number of benzene rings is 1. The second kappa shape index (κ2) is 5.48. The monoisotopic (exact) mass is 244 g/mol. The Morgan fingerprint density at radius 1 is 1.39 bits per heavy atom. The van der Waals surface area contributed by atoms with Crippen molar-refractivity contribution in [2.75, 3.05) is 6.54 Å². The summed E-state index contributed by atoms with van der Waals surface area (Å²) in [4.78, 5) is 0. The number of rotatable bonds is 4. The zero-order valence-electron chi connectivity index (χ0n) is 10.0. The van der Waals surface area contributed by atoms with Crippen LogP contribution < -0.4 is 5.32 Å². The smallest absolute Gasteiger partial charge is 0.125 e. The standard InChI is InChI=1S/C14H13FN2O/c1-2-17-9-14-13(3-4-18-14)11-5-10(8-16)6-12(15)7-11/h3-7,17H,2,9H2,1H3. The first-order valence-corrected chi connectivity index (χ1v) is 5.72. The minimum Gasteiger partial charge on any atom is -0.467 e. The van der Waals surface area contributed by atoms with Gasteiger partial charge in [0.1, 0.15) is 11.6 Å². The Kier molecular flexibility index (Phi) is 3.75. The summed E-state index contributed by atoms with van der Waals surface area (Å²) in [6, 6.07) is 8.00. The maximum Gasteiger partial charge on any atom is 0.125 e. The van der Waals surface area contributed by atoms with Crippen molar-refractivity contribution in [3.63, 3.8) is 0 Å². The van der Waals surface area contributed by atoms with E-state index in [-0.39, 0.29) is 0 Å². The Morgan fingerprint density at radius 3 is 2.94 bits per heavy atom. The van der Waals surface area contributed by atoms with Crippen LogP contribution in [0.15, 0.2) is 34.9 Å². The Morgan fingerprint density at radius 2 is 2.22 bits per heavy atom. The van der Waals surface area contributed by atoms with Crippen LogP contribution in [0.2, 0.25) is 0 Å². The predicted molar refractivity (Wildman–Crippen MR) is 66.2 cm³/mol. The van der Waals surface area contributed by atoms with Gasteiger partial charge in [0.05, 0.1) is 24.4 Å². The van der Waals surface area contributed by atoms with Crippen LogP contribution >= 0.6 is 0 Å². The van der Waals surface area contributed by atoms with Crippen LogP contribution in [-0.2, 0) is 6.54 Å². The van der Waals surface area contributed by atoms with Crippen molar-refractivity contribution in [2.24, 2.45) is 0 Å². The van der Waals surface area contributed by atoms with E-state index in [4.69, 9.17) is 9.68 Å². The van der Waals surface area contributed by atoms with Gasteiger partial charge in [0.2, 0.25) is 0 Å². The molecule has 0 unspecified atom stereocenters. The van der Waals surface area contributed by atoms with Gasteiger partial charge in [0.25, 0.3) is 0 Å². The number of furan rings is 1. The molecule has 3 nitrogen and oxygen atoms in total. The molecule has 0 aliphatic rings. The summed E-state index contributed by atoms with van der Waals surface area (Å²) in [6.07, 6.45) is 1.57. The summed E-state index contributed by atoms with van der Waals surface area (Å²) >= 11 is 0. The average molecular weight is 244 g/mol. The molecule has 0 saturated carbocycles. The van der Waals surface area contributed by atoms with Gasteiger partial charge < -0.3 is 9.73 Å². The molecular formula is C14H13FN2O. The molecule has 0 fully saturated rings. The highest BCUT2D eigenvalue weighted by molar-refractivity contribution is 5.67. The van der Waals surface area contributed by atoms with Crippen LogP contribution in [0, 0.1) is 17.1 Å². The van der Waals surface area contributed by atoms with Gasteiger partial charge in [0, 0.05) is 5.56 Å². The molecule has 1 heterocycles. The zero-order chi connectivity index (χ0) is 13.0. The molecule has 0 spiro atoms. The molecule has 0 amide bonds. The maximum absolute atomic E-state index is 13.4. The third-order valence-corrected chi connectivity index (χ3v) is 2.62. The first-order valence-electron chi connectivity index (χ1n) is 5.72. The molecule has 2 aromatic rings. The molecule has 1 aromatic carbocycles. The first kappa shape index (κ1) is 12.3. The molecule has 0 aliphatic carbocycles. The zero-order valence-corrected chi connectivity index (χ0v) is 10.0. The van der Waals surface area contributed by atoms with Crippen LogP contribution in [0.1, 0.15) is 18.2 Å². The topological polar surface area (TPSA) is 49.0 Å². The summed E-state index contributed by atoms with van der Waals surface area (Å²) in [5.74, 6) is 0.325. The molecule has 1 N–H and O–H groups in total. The van der Waals surface area contributed by atoms with Crippen LogP contribution in [0.5, 0.6) is 0 Å². The second-order valence-electron chi connectivity index (χ2n) is 3.88. The third-order valence-electron chi connectivity index (χ3n) is 2.62. The number of halogens is 1. The van der Waals surface area contributed by atoms with Crippen LogP contribution in [0.25, 0.3) is 11.1 Å². The largest absolute Gasteiger partial charge is 0.467 e. The first-order chi connectivity index (χ1) is 8.74. The number of hydrogen-bond acceptors (Lipinski definition) is 3. The van der Waals surface area contributed by atoms with E-state index in [1.165, 1.54) is 12.1 Å². The van der Waals surface area contributed by atoms with Crippen LogP contribution in [0.3, 0.4) is 0 Å². The number of nitriles is 1. The fourth-order valence-corrected chi connectivity index (χ4v) is 1.78. The Bertz CT molecular complexity index is 584. The minimum absolute atomic E-state index is 0.306. The van der Waals surface area contributed by atoms with Gasteiger partial charge in [-0.2, -0.15) is 5.26 Å². The van der Waals surface area contributed by atoms with Crippen molar-refractivity contribution < 1.29 is 8.81 Å². The summed E-state index contributed by atoms with van der Waals surface area (Å²) in [7, 11) is 0. The van der Waals surface area contributed by atoms with Gasteiger partial charge in [0.15, 0.2) is 0 Å². The fourth-order valence-electron chi connectivity index (χ4n) is 1.78. The van der Waals surface area contributed by atoms with E-state index in [1.54, 1.807) is 18.4 Å². The van der Waals surface area contributed by atoms with E-state index in [0.29, 0.717) is 17.7 Å². The van der Waals surface area contributed by atoms with E-state index in [1.807, 2.05) is 13.0 Å². The highest BCUT2D eigenvalue weighted by atomic mass is 19.1. The van der Waals surface area contributed by atoms with E-state index in [0.717, 1.165) is 17.9 Å². The molecule has 0 radical (unpaired) electrons. The highest BCUT2D eigenvalue weighted by Crippen LogP contribution is 2.26. The molecule has 0 bridgehead atoms. The highest BCUT2D eigenvalue weighted by Gasteiger charge is 2.10. The van der Waals surface area contributed by atoms with Crippen molar-refractivity contribution in [3.05, 3.63) is 47.7 Å². The number of hydrogen-bond donors (Lipinski definition) is 1. The second-order valence-corrected chi connectivity index (χ2v) is 3.88. The molecule has 2 rings (SSSR count). The van der Waals surface area contributed by atoms with Crippen LogP contribution in [0.4, 0.5) is 4.39 Å². The van der Waals surface area contributed by atoms with E-state index < -0.39 is 5.82 Å². The number of nitrogens with zero attached hydrogens (tertiary/aromatic N) is 1. The molecule has 92 valence electrons. The molecular weight excluding hydrogens is 231 g/mol. The van der Waals surface area contributed by atoms with Gasteiger partial charge in [-0.25, -0.2) is 4.39 Å². The lowest BCUT2D eigenvalue weighted by Crippen LogP contribution is -2.11. The molecule has 1 aromatic heterocycles. The molecule has 0 aliphatic heterocycles. The summed E-state index contributed by atoms with van der Waals surface area (Å²) in [6.45, 7) is 3.41. The van der Waals surface area contributed by atoms with Crippen molar-refractivity contribution in [3.8, 4) is 17.2 Å². The fraction of sp³-hybridized carbons (Fsp3) is 0.214. The summed E-state index contributed by atoms with van der Waals surface area (Å²) < 4.78 is 18.8. The molecule has 0 atom stereocenters. The third kappa shape index (κ3) is 2.58. The van der Waals surface area contributed by atoms with Crippen molar-refractivity contribution in [1.29, 1.82) is 5.26 Å². The Hall–Kier alpha value is -2.12. The van der Waals surface area contributed by atoms with Crippen molar-refractivity contribution in [2.45, 2.75) is 13.5 Å². The van der Waals surface area contributed by atoms with Gasteiger partial charge in [-0.15, -0.1) is 0 Å². The predicted octanol–water partition coefficient (Wildman–Crippen LogP) is 3.07. The van der Waals surface area contributed by atoms with Crippen LogP contribution in [-0.4, -0.2) is 6.54 Å². The van der Waals surface area contributed by atoms with Crippen molar-refractivity contribution >= 4 is 0 Å². The van der Waals surface area contributed by atoms with Gasteiger partial charge >= 0.3 is 0 Å². The molecule has 4 heteroatoms. The SMILES string of the molecule is CCNCc1occc1-c1cc(F)cc(C#N)c1. The lowest BCUT2D eigenvalue weighted by Gasteiger charge is -2.04. The molecule has 18 heavy (non-hydrogen) atoms. The van der Waals surface area contributed by atoms with Gasteiger partial charge in [-0.1, -0.05) is 6.92 Å². The normalized spacial score (nSPS) is 10.3. The maximum atomic E-state index is 13.4. The Balaban J connectivity index is 2.39. The summed E-state index contributed by atoms with van der Waals surface area (Å²) in [5.41, 5.74) is 1.78. The lowest BCUT2D eigenvalue weighted by molar-refractivity contribution is 0.489. The van der Waals surface area contributed by atoms with E-state index >= 15 is 0 Å². The van der Waals surface area contributed by atoms with Crippen molar-refractivity contribution in [1.82, 2.24) is 5.32 Å². The van der Waals surface area contributed by atoms with Gasteiger partial charge in [-0.3, -0.25) is 0 Å². The van der Waals surface area contributed by atoms with Gasteiger partial charge in [-0.05, 0) is 36.4 Å². The average Bonchev–Trinajstić information content (AvgIpc) is 2.83. The van der Waals surface area contributed by atoms with E-state index in [9.17, 15) is 4.39 Å². The lowest BCUT2D eigenvalue weighted by atomic mass is 10.0. The molecule has 0 saturated heterocycles. The quantitative estimate of drug-likeness (QED) is 0.899. The summed E-state index contributed by atoms with van der Waals surface area (Å²) in [5, 5.41) is 12.0. The minimum atomic E-state index is -0.417. The Labute approximate surface area is 105 Å². The number of nitrogens with one attached hydrogen (secondary N) is 1. The van der Waals surface area contributed by atoms with E-state index in [2.05, 4.69) is 5.32 Å².